The molecule has 0 aliphatic carbocycles. The predicted octanol–water partition coefficient (Wildman–Crippen LogP) is 2.59. The van der Waals surface area contributed by atoms with E-state index in [0.717, 1.165) is 29.4 Å². The number of rotatable bonds is 5. The number of hydrogen-bond acceptors (Lipinski definition) is 5. The first-order valence-electron chi connectivity index (χ1n) is 6.06. The summed E-state index contributed by atoms with van der Waals surface area (Å²) in [6.07, 6.45) is 3.41. The van der Waals surface area contributed by atoms with Gasteiger partial charge < -0.3 is 14.8 Å². The van der Waals surface area contributed by atoms with E-state index in [0.29, 0.717) is 5.75 Å². The molecule has 0 bridgehead atoms. The average Bonchev–Trinajstić information content (AvgIpc) is 2.47. The molecular weight excluding hydrogens is 242 g/mol. The Labute approximate surface area is 112 Å². The lowest BCUT2D eigenvalue weighted by atomic mass is 10.1. The van der Waals surface area contributed by atoms with E-state index >= 15 is 0 Å². The summed E-state index contributed by atoms with van der Waals surface area (Å²) in [5, 5.41) is 3.14. The van der Waals surface area contributed by atoms with E-state index in [1.54, 1.807) is 26.6 Å². The van der Waals surface area contributed by atoms with Crippen LogP contribution in [-0.2, 0) is 0 Å². The Hall–Kier alpha value is -2.30. The largest absolute Gasteiger partial charge is 0.497 e. The van der Waals surface area contributed by atoms with Crippen LogP contribution in [0.4, 0.5) is 5.82 Å². The van der Waals surface area contributed by atoms with Crippen LogP contribution >= 0.6 is 0 Å². The van der Waals surface area contributed by atoms with Gasteiger partial charge in [0.1, 0.15) is 17.3 Å². The Morgan fingerprint density at radius 3 is 2.68 bits per heavy atom. The highest BCUT2D eigenvalue weighted by Crippen LogP contribution is 2.32. The molecule has 2 aromatic rings. The molecule has 1 aromatic carbocycles. The van der Waals surface area contributed by atoms with E-state index in [-0.39, 0.29) is 0 Å². The van der Waals surface area contributed by atoms with Crippen molar-refractivity contribution in [3.8, 4) is 22.8 Å². The zero-order valence-electron chi connectivity index (χ0n) is 11.3. The van der Waals surface area contributed by atoms with Crippen LogP contribution in [0.3, 0.4) is 0 Å². The lowest BCUT2D eigenvalue weighted by Crippen LogP contribution is -2.01. The second-order valence-corrected chi connectivity index (χ2v) is 3.89. The number of hydrogen-bond donors (Lipinski definition) is 1. The molecule has 0 radical (unpaired) electrons. The molecule has 19 heavy (non-hydrogen) atoms. The first-order chi connectivity index (χ1) is 9.28. The highest BCUT2D eigenvalue weighted by Gasteiger charge is 2.09. The van der Waals surface area contributed by atoms with E-state index in [4.69, 9.17) is 9.47 Å². The van der Waals surface area contributed by atoms with Crippen LogP contribution in [0.1, 0.15) is 6.92 Å². The van der Waals surface area contributed by atoms with Gasteiger partial charge >= 0.3 is 0 Å². The molecule has 0 aliphatic heterocycles. The van der Waals surface area contributed by atoms with Gasteiger partial charge in [-0.25, -0.2) is 4.98 Å². The van der Waals surface area contributed by atoms with Crippen LogP contribution in [0.5, 0.6) is 11.5 Å². The molecule has 0 unspecified atom stereocenters. The standard InChI is InChI=1S/C14H17N3O2/c1-4-16-14-9-15-8-12(17-14)11-6-5-10(18-2)7-13(11)19-3/h5-9H,4H2,1-3H3,(H,16,17). The zero-order valence-corrected chi connectivity index (χ0v) is 11.3. The minimum Gasteiger partial charge on any atom is -0.497 e. The van der Waals surface area contributed by atoms with Gasteiger partial charge in [-0.15, -0.1) is 0 Å². The zero-order chi connectivity index (χ0) is 13.7. The Morgan fingerprint density at radius 1 is 1.16 bits per heavy atom. The highest BCUT2D eigenvalue weighted by atomic mass is 16.5. The summed E-state index contributed by atoms with van der Waals surface area (Å²) in [5.74, 6) is 2.21. The van der Waals surface area contributed by atoms with E-state index in [9.17, 15) is 0 Å². The Bertz CT molecular complexity index is 558. The van der Waals surface area contributed by atoms with Crippen molar-refractivity contribution in [1.29, 1.82) is 0 Å². The van der Waals surface area contributed by atoms with Gasteiger partial charge in [0.2, 0.25) is 0 Å². The molecule has 100 valence electrons. The first-order valence-corrected chi connectivity index (χ1v) is 6.06. The maximum Gasteiger partial charge on any atom is 0.145 e. The maximum atomic E-state index is 5.37. The normalized spacial score (nSPS) is 10.1. The van der Waals surface area contributed by atoms with Crippen molar-refractivity contribution in [3.05, 3.63) is 30.6 Å². The van der Waals surface area contributed by atoms with Crippen molar-refractivity contribution in [1.82, 2.24) is 9.97 Å². The van der Waals surface area contributed by atoms with Gasteiger partial charge in [0, 0.05) is 18.2 Å². The minimum atomic E-state index is 0.710. The fraction of sp³-hybridized carbons (Fsp3) is 0.286. The molecule has 0 amide bonds. The van der Waals surface area contributed by atoms with Gasteiger partial charge in [0.05, 0.1) is 32.3 Å². The number of nitrogens with zero attached hydrogens (tertiary/aromatic N) is 2. The molecule has 2 rings (SSSR count). The van der Waals surface area contributed by atoms with Crippen LogP contribution in [0.2, 0.25) is 0 Å². The van der Waals surface area contributed by atoms with Gasteiger partial charge in [0.25, 0.3) is 0 Å². The van der Waals surface area contributed by atoms with Crippen LogP contribution in [0.25, 0.3) is 11.3 Å². The number of anilines is 1. The third kappa shape index (κ3) is 2.93. The second-order valence-electron chi connectivity index (χ2n) is 3.89. The third-order valence-corrected chi connectivity index (χ3v) is 2.68. The van der Waals surface area contributed by atoms with Crippen molar-refractivity contribution in [2.24, 2.45) is 0 Å². The quantitative estimate of drug-likeness (QED) is 0.894. The predicted molar refractivity (Wildman–Crippen MR) is 74.7 cm³/mol. The molecule has 0 saturated heterocycles. The van der Waals surface area contributed by atoms with Crippen molar-refractivity contribution >= 4 is 5.82 Å². The smallest absolute Gasteiger partial charge is 0.145 e. The molecule has 0 fully saturated rings. The molecular formula is C14H17N3O2. The molecule has 0 spiro atoms. The van der Waals surface area contributed by atoms with Gasteiger partial charge in [-0.05, 0) is 19.1 Å². The number of aromatic nitrogens is 2. The molecule has 5 heteroatoms. The van der Waals surface area contributed by atoms with E-state index < -0.39 is 0 Å². The summed E-state index contributed by atoms with van der Waals surface area (Å²) in [4.78, 5) is 8.69. The molecule has 5 nitrogen and oxygen atoms in total. The SMILES string of the molecule is CCNc1cncc(-c2ccc(OC)cc2OC)n1. The van der Waals surface area contributed by atoms with Crippen molar-refractivity contribution in [3.63, 3.8) is 0 Å². The van der Waals surface area contributed by atoms with Crippen LogP contribution in [-0.4, -0.2) is 30.7 Å². The van der Waals surface area contributed by atoms with Crippen molar-refractivity contribution in [2.45, 2.75) is 6.92 Å². The highest BCUT2D eigenvalue weighted by molar-refractivity contribution is 5.68. The van der Waals surface area contributed by atoms with Crippen LogP contribution < -0.4 is 14.8 Å². The van der Waals surface area contributed by atoms with Crippen molar-refractivity contribution in [2.75, 3.05) is 26.1 Å². The topological polar surface area (TPSA) is 56.3 Å². The number of methoxy groups -OCH3 is 2. The monoisotopic (exact) mass is 259 g/mol. The molecule has 0 atom stereocenters. The minimum absolute atomic E-state index is 0.710. The van der Waals surface area contributed by atoms with Gasteiger partial charge in [-0.2, -0.15) is 0 Å². The summed E-state index contributed by atoms with van der Waals surface area (Å²) in [6, 6.07) is 5.62. The number of ether oxygens (including phenoxy) is 2. The van der Waals surface area contributed by atoms with Gasteiger partial charge in [0.15, 0.2) is 0 Å². The Balaban J connectivity index is 2.43. The number of nitrogens with one attached hydrogen (secondary N) is 1. The van der Waals surface area contributed by atoms with E-state index in [2.05, 4.69) is 15.3 Å². The van der Waals surface area contributed by atoms with E-state index in [1.807, 2.05) is 25.1 Å². The summed E-state index contributed by atoms with van der Waals surface area (Å²) >= 11 is 0. The molecule has 1 N–H and O–H groups in total. The van der Waals surface area contributed by atoms with Crippen LogP contribution in [0, 0.1) is 0 Å². The summed E-state index contributed by atoms with van der Waals surface area (Å²) in [6.45, 7) is 2.82. The maximum absolute atomic E-state index is 5.37. The van der Waals surface area contributed by atoms with Gasteiger partial charge in [-0.3, -0.25) is 4.98 Å². The van der Waals surface area contributed by atoms with Crippen LogP contribution in [0.15, 0.2) is 30.6 Å². The Kier molecular flexibility index (Phi) is 4.18. The van der Waals surface area contributed by atoms with E-state index in [1.165, 1.54) is 0 Å². The molecule has 1 heterocycles. The second kappa shape index (κ2) is 6.04. The summed E-state index contributed by atoms with van der Waals surface area (Å²) < 4.78 is 10.6. The molecule has 0 saturated carbocycles. The molecule has 1 aromatic heterocycles. The first kappa shape index (κ1) is 13.1. The van der Waals surface area contributed by atoms with Gasteiger partial charge in [-0.1, -0.05) is 0 Å². The Morgan fingerprint density at radius 2 is 2.00 bits per heavy atom. The average molecular weight is 259 g/mol. The van der Waals surface area contributed by atoms with Crippen molar-refractivity contribution < 1.29 is 9.47 Å². The number of benzene rings is 1. The lowest BCUT2D eigenvalue weighted by Gasteiger charge is -2.10. The summed E-state index contributed by atoms with van der Waals surface area (Å²) in [7, 11) is 3.25. The third-order valence-electron chi connectivity index (χ3n) is 2.68. The fourth-order valence-electron chi connectivity index (χ4n) is 1.77. The fourth-order valence-corrected chi connectivity index (χ4v) is 1.77. The lowest BCUT2D eigenvalue weighted by molar-refractivity contribution is 0.395. The summed E-state index contributed by atoms with van der Waals surface area (Å²) in [5.41, 5.74) is 1.65. The molecule has 0 aliphatic rings.